The Morgan fingerprint density at radius 3 is 2.60 bits per heavy atom. The van der Waals surface area contributed by atoms with Gasteiger partial charge in [0.15, 0.2) is 0 Å². The molecule has 0 bridgehead atoms. The molecular weight excluding hydrogens is 250 g/mol. The van der Waals surface area contributed by atoms with Crippen LogP contribution in [0.4, 0.5) is 0 Å². The van der Waals surface area contributed by atoms with Crippen molar-refractivity contribution >= 4 is 0 Å². The molecule has 0 aliphatic carbocycles. The fraction of sp³-hybridized carbons (Fsp3) is 0.600. The first-order chi connectivity index (χ1) is 9.63. The van der Waals surface area contributed by atoms with E-state index in [0.717, 1.165) is 25.8 Å². The standard InChI is InChI=1S/C15H25N5/c1-5-7-16-15(8-12-9-17-19(3)10-12)13-11-20(4)18-14(13)6-2/h9-11,15-16H,5-8H2,1-4H3. The zero-order valence-corrected chi connectivity index (χ0v) is 12.9. The molecule has 0 spiro atoms. The van der Waals surface area contributed by atoms with E-state index in [1.54, 1.807) is 0 Å². The maximum atomic E-state index is 4.56. The van der Waals surface area contributed by atoms with Crippen LogP contribution in [0, 0.1) is 0 Å². The Morgan fingerprint density at radius 2 is 2.00 bits per heavy atom. The van der Waals surface area contributed by atoms with Crippen molar-refractivity contribution in [3.05, 3.63) is 35.4 Å². The van der Waals surface area contributed by atoms with Gasteiger partial charge in [0.25, 0.3) is 0 Å². The van der Waals surface area contributed by atoms with Crippen LogP contribution in [0.1, 0.15) is 43.1 Å². The normalized spacial score (nSPS) is 12.8. The zero-order chi connectivity index (χ0) is 14.5. The molecule has 2 heterocycles. The molecule has 0 fully saturated rings. The average molecular weight is 275 g/mol. The monoisotopic (exact) mass is 275 g/mol. The lowest BCUT2D eigenvalue weighted by Gasteiger charge is -2.17. The fourth-order valence-corrected chi connectivity index (χ4v) is 2.54. The van der Waals surface area contributed by atoms with E-state index in [-0.39, 0.29) is 0 Å². The maximum Gasteiger partial charge on any atom is 0.0669 e. The molecule has 1 N–H and O–H groups in total. The number of nitrogens with zero attached hydrogens (tertiary/aromatic N) is 4. The molecular formula is C15H25N5. The fourth-order valence-electron chi connectivity index (χ4n) is 2.54. The summed E-state index contributed by atoms with van der Waals surface area (Å²) in [6, 6.07) is 0.308. The highest BCUT2D eigenvalue weighted by Gasteiger charge is 2.18. The second kappa shape index (κ2) is 6.70. The van der Waals surface area contributed by atoms with Gasteiger partial charge in [-0.15, -0.1) is 0 Å². The smallest absolute Gasteiger partial charge is 0.0669 e. The summed E-state index contributed by atoms with van der Waals surface area (Å²) < 4.78 is 3.77. The van der Waals surface area contributed by atoms with E-state index in [2.05, 4.69) is 41.8 Å². The van der Waals surface area contributed by atoms with Gasteiger partial charge in [0, 0.05) is 38.1 Å². The second-order valence-electron chi connectivity index (χ2n) is 5.29. The highest BCUT2D eigenvalue weighted by Crippen LogP contribution is 2.21. The third-order valence-corrected chi connectivity index (χ3v) is 3.49. The predicted molar refractivity (Wildman–Crippen MR) is 80.5 cm³/mol. The highest BCUT2D eigenvalue weighted by molar-refractivity contribution is 5.24. The molecule has 5 nitrogen and oxygen atoms in total. The molecule has 0 aromatic carbocycles. The molecule has 0 aliphatic heterocycles. The Morgan fingerprint density at radius 1 is 1.20 bits per heavy atom. The van der Waals surface area contributed by atoms with Crippen LogP contribution in [0.5, 0.6) is 0 Å². The summed E-state index contributed by atoms with van der Waals surface area (Å²) in [5.74, 6) is 0. The lowest BCUT2D eigenvalue weighted by atomic mass is 10.00. The van der Waals surface area contributed by atoms with E-state index in [1.807, 2.05) is 29.7 Å². The van der Waals surface area contributed by atoms with Gasteiger partial charge in [-0.3, -0.25) is 9.36 Å². The van der Waals surface area contributed by atoms with Crippen LogP contribution >= 0.6 is 0 Å². The van der Waals surface area contributed by atoms with Crippen LogP contribution in [0.15, 0.2) is 18.6 Å². The summed E-state index contributed by atoms with van der Waals surface area (Å²) in [6.45, 7) is 5.37. The largest absolute Gasteiger partial charge is 0.310 e. The van der Waals surface area contributed by atoms with Crippen molar-refractivity contribution in [2.75, 3.05) is 6.54 Å². The Bertz CT molecular complexity index is 540. The highest BCUT2D eigenvalue weighted by atomic mass is 15.3. The maximum absolute atomic E-state index is 4.56. The van der Waals surface area contributed by atoms with Crippen LogP contribution < -0.4 is 5.32 Å². The number of hydrogen-bond acceptors (Lipinski definition) is 3. The summed E-state index contributed by atoms with van der Waals surface area (Å²) in [7, 11) is 3.95. The molecule has 0 amide bonds. The van der Waals surface area contributed by atoms with Gasteiger partial charge < -0.3 is 5.32 Å². The Labute approximate surface area is 121 Å². The Hall–Kier alpha value is -1.62. The molecule has 5 heteroatoms. The van der Waals surface area contributed by atoms with Crippen LogP contribution in [0.25, 0.3) is 0 Å². The summed E-state index contributed by atoms with van der Waals surface area (Å²) in [5.41, 5.74) is 3.75. The van der Waals surface area contributed by atoms with E-state index in [9.17, 15) is 0 Å². The minimum atomic E-state index is 0.308. The molecule has 110 valence electrons. The Kier molecular flexibility index (Phi) is 4.95. The topological polar surface area (TPSA) is 47.7 Å². The van der Waals surface area contributed by atoms with Gasteiger partial charge >= 0.3 is 0 Å². The van der Waals surface area contributed by atoms with E-state index < -0.39 is 0 Å². The van der Waals surface area contributed by atoms with Gasteiger partial charge in [0.2, 0.25) is 0 Å². The minimum absolute atomic E-state index is 0.308. The van der Waals surface area contributed by atoms with Crippen molar-refractivity contribution < 1.29 is 0 Å². The quantitative estimate of drug-likeness (QED) is 0.841. The number of aryl methyl sites for hydroxylation is 3. The van der Waals surface area contributed by atoms with Crippen molar-refractivity contribution in [2.24, 2.45) is 14.1 Å². The van der Waals surface area contributed by atoms with Crippen LogP contribution in [0.3, 0.4) is 0 Å². The van der Waals surface area contributed by atoms with Crippen molar-refractivity contribution in [2.45, 2.75) is 39.2 Å². The third kappa shape index (κ3) is 3.48. The van der Waals surface area contributed by atoms with Gasteiger partial charge in [-0.05, 0) is 31.4 Å². The molecule has 1 atom stereocenters. The number of hydrogen-bond donors (Lipinski definition) is 1. The van der Waals surface area contributed by atoms with E-state index in [1.165, 1.54) is 16.8 Å². The minimum Gasteiger partial charge on any atom is -0.310 e. The molecule has 2 aromatic rings. The van der Waals surface area contributed by atoms with Crippen LogP contribution in [0.2, 0.25) is 0 Å². The van der Waals surface area contributed by atoms with Gasteiger partial charge in [0.1, 0.15) is 0 Å². The van der Waals surface area contributed by atoms with Crippen molar-refractivity contribution in [1.29, 1.82) is 0 Å². The SMILES string of the molecule is CCCNC(Cc1cnn(C)c1)c1cn(C)nc1CC. The summed E-state index contributed by atoms with van der Waals surface area (Å²) in [4.78, 5) is 0. The first-order valence-corrected chi connectivity index (χ1v) is 7.37. The van der Waals surface area contributed by atoms with E-state index in [4.69, 9.17) is 0 Å². The Balaban J connectivity index is 2.21. The zero-order valence-electron chi connectivity index (χ0n) is 12.9. The average Bonchev–Trinajstić information content (AvgIpc) is 3.00. The molecule has 2 aromatic heterocycles. The lowest BCUT2D eigenvalue weighted by Crippen LogP contribution is -2.24. The van der Waals surface area contributed by atoms with Gasteiger partial charge in [0.05, 0.1) is 11.9 Å². The van der Waals surface area contributed by atoms with Crippen molar-refractivity contribution in [3.8, 4) is 0 Å². The van der Waals surface area contributed by atoms with E-state index in [0.29, 0.717) is 6.04 Å². The van der Waals surface area contributed by atoms with Crippen molar-refractivity contribution in [1.82, 2.24) is 24.9 Å². The number of aromatic nitrogens is 4. The molecule has 2 rings (SSSR count). The third-order valence-electron chi connectivity index (χ3n) is 3.49. The summed E-state index contributed by atoms with van der Waals surface area (Å²) >= 11 is 0. The van der Waals surface area contributed by atoms with E-state index >= 15 is 0 Å². The van der Waals surface area contributed by atoms with Gasteiger partial charge in [-0.25, -0.2) is 0 Å². The molecule has 0 radical (unpaired) electrons. The van der Waals surface area contributed by atoms with Crippen LogP contribution in [-0.2, 0) is 26.9 Å². The van der Waals surface area contributed by atoms with Gasteiger partial charge in [-0.1, -0.05) is 13.8 Å². The molecule has 20 heavy (non-hydrogen) atoms. The first kappa shape index (κ1) is 14.8. The predicted octanol–water partition coefficient (Wildman–Crippen LogP) is 2.00. The molecule has 0 saturated heterocycles. The van der Waals surface area contributed by atoms with Crippen molar-refractivity contribution in [3.63, 3.8) is 0 Å². The first-order valence-electron chi connectivity index (χ1n) is 7.37. The van der Waals surface area contributed by atoms with Crippen LogP contribution in [-0.4, -0.2) is 26.1 Å². The second-order valence-corrected chi connectivity index (χ2v) is 5.29. The summed E-state index contributed by atoms with van der Waals surface area (Å²) in [6.07, 6.45) is 9.22. The lowest BCUT2D eigenvalue weighted by molar-refractivity contribution is 0.525. The number of nitrogens with one attached hydrogen (secondary N) is 1. The molecule has 0 aliphatic rings. The number of rotatable bonds is 7. The van der Waals surface area contributed by atoms with Gasteiger partial charge in [-0.2, -0.15) is 10.2 Å². The summed E-state index contributed by atoms with van der Waals surface area (Å²) in [5, 5.41) is 12.5. The molecule has 1 unspecified atom stereocenters. The molecule has 0 saturated carbocycles.